The number of fused-ring (bicyclic) bond motifs is 1. The van der Waals surface area contributed by atoms with E-state index in [1.807, 2.05) is 72.8 Å². The standard InChI is InChI=1S/C34H37NO6/c1-38-31-21-35(34(36)37)22-32(41-24-26-12-13-27-10-5-6-11-29(27)20-26)33(31)28-14-16-30(17-15-28)40-19-7-18-39-23-25-8-3-2-4-9-25/h2-6,8-17,20,31-33H,7,18-19,21-24H2,1H3,(H,36,37)/p-1. The highest BCUT2D eigenvalue weighted by Gasteiger charge is 2.39. The number of hydrogen-bond donors (Lipinski definition) is 0. The topological polar surface area (TPSA) is 80.3 Å². The van der Waals surface area contributed by atoms with Gasteiger partial charge in [0.15, 0.2) is 0 Å². The zero-order valence-electron chi connectivity index (χ0n) is 23.3. The molecule has 7 heteroatoms. The second-order valence-electron chi connectivity index (χ2n) is 10.3. The van der Waals surface area contributed by atoms with Crippen molar-refractivity contribution in [2.75, 3.05) is 33.4 Å². The van der Waals surface area contributed by atoms with Crippen LogP contribution in [-0.2, 0) is 27.4 Å². The number of ether oxygens (including phenoxy) is 4. The lowest BCUT2D eigenvalue weighted by atomic mass is 9.84. The van der Waals surface area contributed by atoms with Gasteiger partial charge in [-0.15, -0.1) is 0 Å². The van der Waals surface area contributed by atoms with Crippen molar-refractivity contribution in [3.63, 3.8) is 0 Å². The Kier molecular flexibility index (Phi) is 9.86. The van der Waals surface area contributed by atoms with Gasteiger partial charge in [0.05, 0.1) is 38.6 Å². The van der Waals surface area contributed by atoms with E-state index in [2.05, 4.69) is 24.3 Å². The van der Waals surface area contributed by atoms with Gasteiger partial charge in [-0.3, -0.25) is 0 Å². The van der Waals surface area contributed by atoms with Crippen LogP contribution in [0.1, 0.15) is 29.0 Å². The van der Waals surface area contributed by atoms with Crippen molar-refractivity contribution >= 4 is 16.9 Å². The number of methoxy groups -OCH3 is 1. The molecule has 3 unspecified atom stereocenters. The van der Waals surface area contributed by atoms with Gasteiger partial charge in [0.2, 0.25) is 0 Å². The molecular weight excluding hydrogens is 518 g/mol. The molecule has 0 radical (unpaired) electrons. The van der Waals surface area contributed by atoms with Crippen LogP contribution in [0.25, 0.3) is 10.8 Å². The number of rotatable bonds is 12. The van der Waals surface area contributed by atoms with Gasteiger partial charge in [0.1, 0.15) is 11.8 Å². The van der Waals surface area contributed by atoms with E-state index in [1.54, 1.807) is 7.11 Å². The zero-order valence-corrected chi connectivity index (χ0v) is 23.3. The summed E-state index contributed by atoms with van der Waals surface area (Å²) in [4.78, 5) is 13.1. The number of hydrogen-bond acceptors (Lipinski definition) is 6. The number of nitrogens with zero attached hydrogens (tertiary/aromatic N) is 1. The molecule has 0 saturated carbocycles. The molecule has 1 heterocycles. The highest BCUT2D eigenvalue weighted by Crippen LogP contribution is 2.34. The molecular formula is C34H36NO6-. The monoisotopic (exact) mass is 554 g/mol. The minimum Gasteiger partial charge on any atom is -0.530 e. The predicted molar refractivity (Wildman–Crippen MR) is 156 cm³/mol. The maximum atomic E-state index is 11.8. The molecule has 1 saturated heterocycles. The maximum absolute atomic E-state index is 11.8. The van der Waals surface area contributed by atoms with E-state index >= 15 is 0 Å². The molecule has 1 aliphatic rings. The number of carbonyl (C=O) groups excluding carboxylic acids is 1. The van der Waals surface area contributed by atoms with Crippen molar-refractivity contribution in [1.82, 2.24) is 4.90 Å². The van der Waals surface area contributed by atoms with Crippen LogP contribution >= 0.6 is 0 Å². The van der Waals surface area contributed by atoms with Crippen molar-refractivity contribution in [2.24, 2.45) is 0 Å². The minimum atomic E-state index is -1.22. The fraction of sp³-hybridized carbons (Fsp3) is 0.324. The predicted octanol–water partition coefficient (Wildman–Crippen LogP) is 5.17. The van der Waals surface area contributed by atoms with E-state index in [0.717, 1.165) is 39.6 Å². The Hall–Kier alpha value is -3.91. The van der Waals surface area contributed by atoms with Gasteiger partial charge in [-0.25, -0.2) is 0 Å². The number of piperidine rings is 1. The van der Waals surface area contributed by atoms with Crippen LogP contribution in [0.4, 0.5) is 4.79 Å². The average Bonchev–Trinajstić information content (AvgIpc) is 3.02. The molecule has 214 valence electrons. The molecule has 41 heavy (non-hydrogen) atoms. The van der Waals surface area contributed by atoms with Crippen LogP contribution < -0.4 is 9.84 Å². The molecule has 0 bridgehead atoms. The SMILES string of the molecule is COC1CN(C(=O)[O-])CC(OCc2ccc3ccccc3c2)C1c1ccc(OCCCOCc2ccccc2)cc1. The molecule has 0 spiro atoms. The van der Waals surface area contributed by atoms with Gasteiger partial charge in [-0.1, -0.05) is 78.9 Å². The van der Waals surface area contributed by atoms with Crippen molar-refractivity contribution in [3.05, 3.63) is 114 Å². The molecule has 4 aromatic rings. The first kappa shape index (κ1) is 28.6. The molecule has 0 N–H and O–H groups in total. The first-order chi connectivity index (χ1) is 20.1. The Morgan fingerprint density at radius 3 is 2.29 bits per heavy atom. The van der Waals surface area contributed by atoms with Crippen molar-refractivity contribution in [1.29, 1.82) is 0 Å². The van der Waals surface area contributed by atoms with Crippen LogP contribution in [0.2, 0.25) is 0 Å². The van der Waals surface area contributed by atoms with Gasteiger partial charge in [-0.2, -0.15) is 0 Å². The van der Waals surface area contributed by atoms with Crippen LogP contribution in [0.5, 0.6) is 5.75 Å². The molecule has 7 nitrogen and oxygen atoms in total. The van der Waals surface area contributed by atoms with Crippen LogP contribution in [0.15, 0.2) is 97.1 Å². The first-order valence-electron chi connectivity index (χ1n) is 14.0. The lowest BCUT2D eigenvalue weighted by Crippen LogP contribution is -2.57. The quantitative estimate of drug-likeness (QED) is 0.225. The molecule has 1 fully saturated rings. The van der Waals surface area contributed by atoms with E-state index in [0.29, 0.717) is 26.4 Å². The lowest BCUT2D eigenvalue weighted by Gasteiger charge is -2.44. The van der Waals surface area contributed by atoms with Gasteiger partial charge >= 0.3 is 0 Å². The normalized spacial score (nSPS) is 18.9. The fourth-order valence-corrected chi connectivity index (χ4v) is 5.36. The summed E-state index contributed by atoms with van der Waals surface area (Å²) < 4.78 is 23.9. The van der Waals surface area contributed by atoms with E-state index < -0.39 is 12.2 Å². The molecule has 0 aromatic heterocycles. The van der Waals surface area contributed by atoms with Crippen molar-refractivity contribution in [2.45, 2.75) is 37.8 Å². The summed E-state index contributed by atoms with van der Waals surface area (Å²) in [5.74, 6) is 0.614. The Balaban J connectivity index is 1.20. The van der Waals surface area contributed by atoms with Crippen LogP contribution in [0.3, 0.4) is 0 Å². The Bertz CT molecular complexity index is 1390. The summed E-state index contributed by atoms with van der Waals surface area (Å²) >= 11 is 0. The Morgan fingerprint density at radius 2 is 1.54 bits per heavy atom. The molecule has 5 rings (SSSR count). The summed E-state index contributed by atoms with van der Waals surface area (Å²) in [5, 5.41) is 14.1. The maximum Gasteiger partial charge on any atom is 0.137 e. The van der Waals surface area contributed by atoms with Gasteiger partial charge in [0, 0.05) is 32.5 Å². The molecule has 4 aromatic carbocycles. The van der Waals surface area contributed by atoms with Crippen molar-refractivity contribution in [3.8, 4) is 5.75 Å². The largest absolute Gasteiger partial charge is 0.530 e. The number of carbonyl (C=O) groups is 1. The molecule has 0 aliphatic carbocycles. The summed E-state index contributed by atoms with van der Waals surface area (Å²) in [6.45, 7) is 2.56. The number of carboxylic acid groups (broad SMARTS) is 1. The Labute approximate surface area is 241 Å². The smallest absolute Gasteiger partial charge is 0.137 e. The third-order valence-corrected chi connectivity index (χ3v) is 7.52. The lowest BCUT2D eigenvalue weighted by molar-refractivity contribution is -0.271. The van der Waals surface area contributed by atoms with Crippen LogP contribution in [0, 0.1) is 0 Å². The van der Waals surface area contributed by atoms with Gasteiger partial charge in [-0.05, 0) is 45.7 Å². The third kappa shape index (κ3) is 7.64. The average molecular weight is 555 g/mol. The van der Waals surface area contributed by atoms with E-state index in [-0.39, 0.29) is 25.1 Å². The minimum absolute atomic E-state index is 0.156. The van der Waals surface area contributed by atoms with Gasteiger partial charge in [0.25, 0.3) is 0 Å². The highest BCUT2D eigenvalue weighted by atomic mass is 16.5. The third-order valence-electron chi connectivity index (χ3n) is 7.52. The number of likely N-dealkylation sites (tertiary alicyclic amines) is 1. The second kappa shape index (κ2) is 14.1. The number of amides is 1. The molecule has 3 atom stereocenters. The van der Waals surface area contributed by atoms with Crippen LogP contribution in [-0.4, -0.2) is 56.6 Å². The number of benzene rings is 4. The summed E-state index contributed by atoms with van der Waals surface area (Å²) in [6, 6.07) is 32.4. The molecule has 1 aliphatic heterocycles. The summed E-state index contributed by atoms with van der Waals surface area (Å²) in [5.41, 5.74) is 3.19. The van der Waals surface area contributed by atoms with Gasteiger partial charge < -0.3 is 33.7 Å². The highest BCUT2D eigenvalue weighted by molar-refractivity contribution is 5.82. The molecule has 1 amide bonds. The second-order valence-corrected chi connectivity index (χ2v) is 10.3. The van der Waals surface area contributed by atoms with Crippen molar-refractivity contribution < 1.29 is 28.8 Å². The fourth-order valence-electron chi connectivity index (χ4n) is 5.36. The first-order valence-corrected chi connectivity index (χ1v) is 14.0. The summed E-state index contributed by atoms with van der Waals surface area (Å²) in [6.07, 6.45) is -1.23. The van der Waals surface area contributed by atoms with E-state index in [4.69, 9.17) is 18.9 Å². The zero-order chi connectivity index (χ0) is 28.4. The van der Waals surface area contributed by atoms with E-state index in [1.165, 1.54) is 4.90 Å². The summed E-state index contributed by atoms with van der Waals surface area (Å²) in [7, 11) is 1.61. The van der Waals surface area contributed by atoms with E-state index in [9.17, 15) is 9.90 Å². The Morgan fingerprint density at radius 1 is 0.805 bits per heavy atom.